The van der Waals surface area contributed by atoms with Crippen LogP contribution < -0.4 is 5.32 Å². The third-order valence-electron chi connectivity index (χ3n) is 2.49. The fourth-order valence-electron chi connectivity index (χ4n) is 1.67. The van der Waals surface area contributed by atoms with Crippen molar-refractivity contribution in [3.8, 4) is 0 Å². The second kappa shape index (κ2) is 6.33. The number of benzene rings is 1. The molecule has 2 nitrogen and oxygen atoms in total. The van der Waals surface area contributed by atoms with Gasteiger partial charge in [-0.3, -0.25) is 0 Å². The lowest BCUT2D eigenvalue weighted by atomic mass is 10.1. The smallest absolute Gasteiger partial charge is 0.137 e. The van der Waals surface area contributed by atoms with Crippen LogP contribution in [0.5, 0.6) is 0 Å². The number of hydrogen-bond acceptors (Lipinski definition) is 2. The molecular formula is C12H18BrFN2. The van der Waals surface area contributed by atoms with Crippen LogP contribution in [-0.4, -0.2) is 38.6 Å². The van der Waals surface area contributed by atoms with Crippen LogP contribution in [0.1, 0.15) is 5.56 Å². The topological polar surface area (TPSA) is 15.3 Å². The van der Waals surface area contributed by atoms with E-state index in [0.717, 1.165) is 18.5 Å². The zero-order chi connectivity index (χ0) is 12.1. The largest absolute Gasteiger partial charge is 0.315 e. The lowest BCUT2D eigenvalue weighted by Crippen LogP contribution is -2.37. The highest BCUT2D eigenvalue weighted by molar-refractivity contribution is 9.10. The second-order valence-corrected chi connectivity index (χ2v) is 4.96. The molecule has 0 fully saturated rings. The number of nitrogens with one attached hydrogen (secondary N) is 1. The average molecular weight is 289 g/mol. The molecule has 0 radical (unpaired) electrons. The number of halogens is 2. The molecule has 0 aliphatic rings. The number of rotatable bonds is 5. The van der Waals surface area contributed by atoms with Gasteiger partial charge in [-0.25, -0.2) is 4.39 Å². The van der Waals surface area contributed by atoms with Crippen molar-refractivity contribution < 1.29 is 4.39 Å². The SMILES string of the molecule is CNC(Cc1cccc(F)c1Br)CN(C)C. The molecule has 16 heavy (non-hydrogen) atoms. The first-order valence-corrected chi connectivity index (χ1v) is 6.08. The molecule has 4 heteroatoms. The molecule has 1 aromatic carbocycles. The fraction of sp³-hybridized carbons (Fsp3) is 0.500. The minimum Gasteiger partial charge on any atom is -0.315 e. The number of likely N-dealkylation sites (N-methyl/N-ethyl adjacent to an activating group) is 2. The van der Waals surface area contributed by atoms with Crippen LogP contribution in [0.25, 0.3) is 0 Å². The highest BCUT2D eigenvalue weighted by Crippen LogP contribution is 2.21. The molecule has 1 aromatic rings. The molecule has 0 aliphatic carbocycles. The van der Waals surface area contributed by atoms with Crippen LogP contribution in [-0.2, 0) is 6.42 Å². The fourth-order valence-corrected chi connectivity index (χ4v) is 2.10. The lowest BCUT2D eigenvalue weighted by molar-refractivity contribution is 0.346. The van der Waals surface area contributed by atoms with E-state index in [-0.39, 0.29) is 5.82 Å². The normalized spacial score (nSPS) is 13.1. The standard InChI is InChI=1S/C12H18BrFN2/c1-15-10(8-16(2)3)7-9-5-4-6-11(14)12(9)13/h4-6,10,15H,7-8H2,1-3H3. The third kappa shape index (κ3) is 3.85. The molecule has 0 aliphatic heterocycles. The lowest BCUT2D eigenvalue weighted by Gasteiger charge is -2.21. The summed E-state index contributed by atoms with van der Waals surface area (Å²) in [5, 5.41) is 3.24. The van der Waals surface area contributed by atoms with Crippen LogP contribution in [0.4, 0.5) is 4.39 Å². The van der Waals surface area contributed by atoms with Gasteiger partial charge >= 0.3 is 0 Å². The Bertz CT molecular complexity index is 342. The summed E-state index contributed by atoms with van der Waals surface area (Å²) in [4.78, 5) is 2.12. The van der Waals surface area contributed by atoms with Gasteiger partial charge in [0.15, 0.2) is 0 Å². The summed E-state index contributed by atoms with van der Waals surface area (Å²) in [6.07, 6.45) is 0.813. The molecule has 0 saturated carbocycles. The Balaban J connectivity index is 2.74. The van der Waals surface area contributed by atoms with Gasteiger partial charge in [-0.1, -0.05) is 12.1 Å². The molecular weight excluding hydrogens is 271 g/mol. The van der Waals surface area contributed by atoms with Crippen molar-refractivity contribution in [1.82, 2.24) is 10.2 Å². The Morgan fingerprint density at radius 2 is 2.12 bits per heavy atom. The Morgan fingerprint density at radius 3 is 2.69 bits per heavy atom. The first kappa shape index (κ1) is 13.6. The molecule has 1 unspecified atom stereocenters. The van der Waals surface area contributed by atoms with E-state index in [2.05, 4.69) is 26.1 Å². The summed E-state index contributed by atoms with van der Waals surface area (Å²) in [7, 11) is 6.00. The molecule has 1 N–H and O–H groups in total. The van der Waals surface area contributed by atoms with E-state index < -0.39 is 0 Å². The van der Waals surface area contributed by atoms with Crippen LogP contribution >= 0.6 is 15.9 Å². The zero-order valence-corrected chi connectivity index (χ0v) is 11.5. The quantitative estimate of drug-likeness (QED) is 0.894. The summed E-state index contributed by atoms with van der Waals surface area (Å²) in [5.41, 5.74) is 1.00. The Morgan fingerprint density at radius 1 is 1.44 bits per heavy atom. The predicted molar refractivity (Wildman–Crippen MR) is 69.2 cm³/mol. The van der Waals surface area contributed by atoms with Crippen LogP contribution in [0.3, 0.4) is 0 Å². The molecule has 90 valence electrons. The summed E-state index contributed by atoms with van der Waals surface area (Å²) in [6, 6.07) is 5.49. The van der Waals surface area contributed by atoms with E-state index in [1.165, 1.54) is 6.07 Å². The van der Waals surface area contributed by atoms with Crippen molar-refractivity contribution >= 4 is 15.9 Å². The van der Waals surface area contributed by atoms with Crippen molar-refractivity contribution in [2.45, 2.75) is 12.5 Å². The van der Waals surface area contributed by atoms with Crippen LogP contribution in [0.2, 0.25) is 0 Å². The van der Waals surface area contributed by atoms with E-state index >= 15 is 0 Å². The first-order chi connectivity index (χ1) is 7.54. The molecule has 0 aromatic heterocycles. The number of nitrogens with zero attached hydrogens (tertiary/aromatic N) is 1. The Hall–Kier alpha value is -0.450. The molecule has 0 spiro atoms. The molecule has 0 saturated heterocycles. The van der Waals surface area contributed by atoms with E-state index in [1.54, 1.807) is 6.07 Å². The molecule has 1 rings (SSSR count). The molecule has 1 atom stereocenters. The number of hydrogen-bond donors (Lipinski definition) is 1. The minimum absolute atomic E-state index is 0.197. The van der Waals surface area contributed by atoms with Crippen molar-refractivity contribution in [3.63, 3.8) is 0 Å². The maximum Gasteiger partial charge on any atom is 0.137 e. The zero-order valence-electron chi connectivity index (χ0n) is 9.93. The van der Waals surface area contributed by atoms with Gasteiger partial charge in [0.05, 0.1) is 4.47 Å². The van der Waals surface area contributed by atoms with E-state index in [4.69, 9.17) is 0 Å². The van der Waals surface area contributed by atoms with Gasteiger partial charge in [-0.05, 0) is 55.1 Å². The van der Waals surface area contributed by atoms with E-state index in [0.29, 0.717) is 10.5 Å². The maximum atomic E-state index is 13.3. The van der Waals surface area contributed by atoms with Gasteiger partial charge in [-0.15, -0.1) is 0 Å². The monoisotopic (exact) mass is 288 g/mol. The average Bonchev–Trinajstić information content (AvgIpc) is 2.23. The van der Waals surface area contributed by atoms with Crippen LogP contribution in [0.15, 0.2) is 22.7 Å². The predicted octanol–water partition coefficient (Wildman–Crippen LogP) is 2.28. The van der Waals surface area contributed by atoms with Gasteiger partial charge in [0.2, 0.25) is 0 Å². The Labute approximate surface area is 105 Å². The highest BCUT2D eigenvalue weighted by atomic mass is 79.9. The van der Waals surface area contributed by atoms with Crippen molar-refractivity contribution in [2.24, 2.45) is 0 Å². The van der Waals surface area contributed by atoms with Crippen LogP contribution in [0, 0.1) is 5.82 Å². The highest BCUT2D eigenvalue weighted by Gasteiger charge is 2.12. The van der Waals surface area contributed by atoms with Gasteiger partial charge in [0.1, 0.15) is 5.82 Å². The van der Waals surface area contributed by atoms with E-state index in [1.807, 2.05) is 27.2 Å². The minimum atomic E-state index is -0.197. The van der Waals surface area contributed by atoms with Crippen molar-refractivity contribution in [1.29, 1.82) is 0 Å². The second-order valence-electron chi connectivity index (χ2n) is 4.16. The Kier molecular flexibility index (Phi) is 5.38. The van der Waals surface area contributed by atoms with Gasteiger partial charge in [-0.2, -0.15) is 0 Å². The third-order valence-corrected chi connectivity index (χ3v) is 3.38. The van der Waals surface area contributed by atoms with Gasteiger partial charge in [0, 0.05) is 12.6 Å². The molecule has 0 heterocycles. The summed E-state index contributed by atoms with van der Waals surface area (Å²) in [5.74, 6) is -0.197. The van der Waals surface area contributed by atoms with E-state index in [9.17, 15) is 4.39 Å². The molecule has 0 amide bonds. The summed E-state index contributed by atoms with van der Waals surface area (Å²) >= 11 is 3.29. The maximum absolute atomic E-state index is 13.3. The van der Waals surface area contributed by atoms with Gasteiger partial charge < -0.3 is 10.2 Å². The first-order valence-electron chi connectivity index (χ1n) is 5.29. The van der Waals surface area contributed by atoms with Crippen molar-refractivity contribution in [2.75, 3.05) is 27.7 Å². The van der Waals surface area contributed by atoms with Crippen molar-refractivity contribution in [3.05, 3.63) is 34.1 Å². The summed E-state index contributed by atoms with van der Waals surface area (Å²) in [6.45, 7) is 0.930. The van der Waals surface area contributed by atoms with Gasteiger partial charge in [0.25, 0.3) is 0 Å². The summed E-state index contributed by atoms with van der Waals surface area (Å²) < 4.78 is 13.9. The molecule has 0 bridgehead atoms.